The normalized spacial score (nSPS) is 15.2. The van der Waals surface area contributed by atoms with E-state index in [4.69, 9.17) is 4.74 Å². The third-order valence-corrected chi connectivity index (χ3v) is 4.76. The van der Waals surface area contributed by atoms with Crippen molar-refractivity contribution < 1.29 is 27.5 Å². The number of anilines is 1. The molecule has 1 saturated heterocycles. The highest BCUT2D eigenvalue weighted by Gasteiger charge is 2.36. The molecule has 1 N–H and O–H groups in total. The molecule has 0 radical (unpaired) electrons. The molecule has 0 aromatic heterocycles. The molecule has 8 heteroatoms. The predicted octanol–water partition coefficient (Wildman–Crippen LogP) is 4.75. The van der Waals surface area contributed by atoms with Crippen molar-refractivity contribution in [3.63, 3.8) is 0 Å². The second-order valence-corrected chi connectivity index (χ2v) is 7.03. The summed E-state index contributed by atoms with van der Waals surface area (Å²) in [5.41, 5.74) is 2.72. The second-order valence-electron chi connectivity index (χ2n) is 7.03. The summed E-state index contributed by atoms with van der Waals surface area (Å²) in [6.45, 7) is 0.397. The summed E-state index contributed by atoms with van der Waals surface area (Å²) in [5.74, 6) is -0.820. The fourth-order valence-electron chi connectivity index (χ4n) is 3.13. The Bertz CT molecular complexity index is 1170. The van der Waals surface area contributed by atoms with Crippen molar-refractivity contribution in [3.05, 3.63) is 101 Å². The molecule has 1 aliphatic rings. The lowest BCUT2D eigenvalue weighted by molar-refractivity contribution is -0.137. The van der Waals surface area contributed by atoms with E-state index in [1.165, 1.54) is 18.2 Å². The minimum atomic E-state index is -4.56. The van der Waals surface area contributed by atoms with Gasteiger partial charge < -0.3 is 4.74 Å². The zero-order valence-corrected chi connectivity index (χ0v) is 16.6. The molecule has 1 fully saturated rings. The second kappa shape index (κ2) is 8.58. The van der Waals surface area contributed by atoms with Gasteiger partial charge in [-0.05, 0) is 47.5 Å². The van der Waals surface area contributed by atoms with Crippen LogP contribution in [-0.4, -0.2) is 11.8 Å². The molecule has 0 bridgehead atoms. The first-order valence-corrected chi connectivity index (χ1v) is 9.62. The Morgan fingerprint density at radius 1 is 0.906 bits per heavy atom. The number of hydrazine groups is 1. The van der Waals surface area contributed by atoms with E-state index in [-0.39, 0.29) is 11.3 Å². The van der Waals surface area contributed by atoms with Crippen LogP contribution in [0.25, 0.3) is 6.08 Å². The molecule has 4 rings (SSSR count). The molecule has 2 amide bonds. The molecule has 32 heavy (non-hydrogen) atoms. The van der Waals surface area contributed by atoms with Crippen LogP contribution in [0.2, 0.25) is 0 Å². The van der Waals surface area contributed by atoms with Crippen molar-refractivity contribution in [2.45, 2.75) is 12.8 Å². The molecule has 3 aromatic rings. The maximum atomic E-state index is 13.0. The summed E-state index contributed by atoms with van der Waals surface area (Å²) >= 11 is 0. The Kier molecular flexibility index (Phi) is 5.68. The van der Waals surface area contributed by atoms with Crippen molar-refractivity contribution in [1.29, 1.82) is 0 Å². The van der Waals surface area contributed by atoms with E-state index in [0.29, 0.717) is 17.9 Å². The van der Waals surface area contributed by atoms with Crippen LogP contribution in [0.4, 0.5) is 18.9 Å². The minimum Gasteiger partial charge on any atom is -0.489 e. The van der Waals surface area contributed by atoms with E-state index in [0.717, 1.165) is 22.7 Å². The number of rotatable bonds is 5. The first kappa shape index (κ1) is 21.2. The summed E-state index contributed by atoms with van der Waals surface area (Å²) in [4.78, 5) is 25.0. The van der Waals surface area contributed by atoms with Gasteiger partial charge in [-0.1, -0.05) is 48.5 Å². The van der Waals surface area contributed by atoms with Crippen LogP contribution < -0.4 is 15.2 Å². The smallest absolute Gasteiger partial charge is 0.416 e. The van der Waals surface area contributed by atoms with Crippen molar-refractivity contribution in [1.82, 2.24) is 5.43 Å². The van der Waals surface area contributed by atoms with Gasteiger partial charge in [0.2, 0.25) is 0 Å². The summed E-state index contributed by atoms with van der Waals surface area (Å²) in [6.07, 6.45) is -3.18. The fraction of sp³-hybridized carbons (Fsp3) is 0.0833. The van der Waals surface area contributed by atoms with Gasteiger partial charge in [0, 0.05) is 0 Å². The predicted molar refractivity (Wildman–Crippen MR) is 112 cm³/mol. The van der Waals surface area contributed by atoms with Gasteiger partial charge in [0.05, 0.1) is 11.3 Å². The molecule has 0 aliphatic carbocycles. The Morgan fingerprint density at radius 2 is 1.62 bits per heavy atom. The van der Waals surface area contributed by atoms with Gasteiger partial charge in [0.15, 0.2) is 0 Å². The van der Waals surface area contributed by atoms with Crippen molar-refractivity contribution in [3.8, 4) is 5.75 Å². The van der Waals surface area contributed by atoms with E-state index in [2.05, 4.69) is 5.43 Å². The number of alkyl halides is 3. The molecule has 1 aliphatic heterocycles. The van der Waals surface area contributed by atoms with Crippen molar-refractivity contribution >= 4 is 23.6 Å². The highest BCUT2D eigenvalue weighted by atomic mass is 19.4. The number of benzene rings is 3. The molecule has 5 nitrogen and oxygen atoms in total. The topological polar surface area (TPSA) is 58.6 Å². The van der Waals surface area contributed by atoms with Crippen LogP contribution in [0.5, 0.6) is 5.75 Å². The third-order valence-electron chi connectivity index (χ3n) is 4.76. The number of hydrogen-bond acceptors (Lipinski definition) is 3. The number of hydrogen-bond donors (Lipinski definition) is 1. The monoisotopic (exact) mass is 438 g/mol. The summed E-state index contributed by atoms with van der Waals surface area (Å²) in [6, 6.07) is 20.6. The van der Waals surface area contributed by atoms with Crippen LogP contribution in [0.3, 0.4) is 0 Å². The van der Waals surface area contributed by atoms with Gasteiger partial charge in [-0.3, -0.25) is 15.0 Å². The largest absolute Gasteiger partial charge is 0.489 e. The van der Waals surface area contributed by atoms with E-state index in [1.807, 2.05) is 30.3 Å². The van der Waals surface area contributed by atoms with Gasteiger partial charge in [0.25, 0.3) is 11.8 Å². The van der Waals surface area contributed by atoms with Crippen LogP contribution in [0, 0.1) is 0 Å². The van der Waals surface area contributed by atoms with Crippen molar-refractivity contribution in [2.24, 2.45) is 0 Å². The van der Waals surface area contributed by atoms with Gasteiger partial charge >= 0.3 is 6.18 Å². The minimum absolute atomic E-state index is 0.0776. The number of amides is 2. The van der Waals surface area contributed by atoms with Crippen LogP contribution >= 0.6 is 0 Å². The summed E-state index contributed by atoms with van der Waals surface area (Å²) in [7, 11) is 0. The van der Waals surface area contributed by atoms with E-state index in [1.54, 1.807) is 24.3 Å². The third kappa shape index (κ3) is 4.64. The highest BCUT2D eigenvalue weighted by Crippen LogP contribution is 2.32. The molecular formula is C24H17F3N2O3. The number of carbonyl (C=O) groups excluding carboxylic acids is 2. The summed E-state index contributed by atoms with van der Waals surface area (Å²) < 4.78 is 44.6. The number of nitrogens with zero attached hydrogens (tertiary/aromatic N) is 1. The molecule has 0 atom stereocenters. The van der Waals surface area contributed by atoms with Crippen LogP contribution in [0.1, 0.15) is 16.7 Å². The molecule has 0 saturated carbocycles. The number of carbonyl (C=O) groups is 2. The van der Waals surface area contributed by atoms with Crippen molar-refractivity contribution in [2.75, 3.05) is 5.01 Å². The van der Waals surface area contributed by atoms with Gasteiger partial charge in [-0.15, -0.1) is 0 Å². The van der Waals surface area contributed by atoms with Crippen LogP contribution in [0.15, 0.2) is 84.4 Å². The molecule has 1 heterocycles. The SMILES string of the molecule is O=C1NN(c2cccc(C(F)(F)F)c2)C(=O)/C1=C/c1ccc(OCc2ccccc2)cc1. The molecular weight excluding hydrogens is 421 g/mol. The average Bonchev–Trinajstić information content (AvgIpc) is 3.07. The number of nitrogens with one attached hydrogen (secondary N) is 1. The zero-order chi connectivity index (χ0) is 22.7. The zero-order valence-electron chi connectivity index (χ0n) is 16.6. The molecule has 0 spiro atoms. The Morgan fingerprint density at radius 3 is 2.31 bits per heavy atom. The first-order valence-electron chi connectivity index (χ1n) is 9.62. The van der Waals surface area contributed by atoms with E-state index in [9.17, 15) is 22.8 Å². The van der Waals surface area contributed by atoms with E-state index >= 15 is 0 Å². The maximum Gasteiger partial charge on any atom is 0.416 e. The first-order chi connectivity index (χ1) is 15.3. The Hall–Kier alpha value is -4.07. The quantitative estimate of drug-likeness (QED) is 0.462. The summed E-state index contributed by atoms with van der Waals surface area (Å²) in [5, 5.41) is 0.806. The Labute approximate surface area is 181 Å². The standard InChI is InChI=1S/C24H17F3N2O3/c25-24(26,27)18-7-4-8-19(14-18)29-23(31)21(22(30)28-29)13-16-9-11-20(12-10-16)32-15-17-5-2-1-3-6-17/h1-14H,15H2,(H,28,30)/b21-13+. The van der Waals surface area contributed by atoms with E-state index < -0.39 is 23.6 Å². The molecule has 3 aromatic carbocycles. The molecule has 0 unspecified atom stereocenters. The lowest BCUT2D eigenvalue weighted by Crippen LogP contribution is -2.35. The van der Waals surface area contributed by atoms with Crippen LogP contribution in [-0.2, 0) is 22.4 Å². The average molecular weight is 438 g/mol. The highest BCUT2D eigenvalue weighted by molar-refractivity contribution is 6.31. The maximum absolute atomic E-state index is 13.0. The lowest BCUT2D eigenvalue weighted by Gasteiger charge is -2.16. The number of halogens is 3. The molecule has 162 valence electrons. The van der Waals surface area contributed by atoms with Gasteiger partial charge in [0.1, 0.15) is 17.9 Å². The fourth-order valence-corrected chi connectivity index (χ4v) is 3.13. The lowest BCUT2D eigenvalue weighted by atomic mass is 10.1. The van der Waals surface area contributed by atoms with Gasteiger partial charge in [-0.2, -0.15) is 13.2 Å². The van der Waals surface area contributed by atoms with Gasteiger partial charge in [-0.25, -0.2) is 5.01 Å². The Balaban J connectivity index is 1.48. The number of ether oxygens (including phenoxy) is 1.